The molecular formula is C20H22BrN7O. The Bertz CT molecular complexity index is 1090. The molecule has 150 valence electrons. The second-order valence-electron chi connectivity index (χ2n) is 7.55. The third kappa shape index (κ3) is 3.38. The first kappa shape index (κ1) is 18.5. The average Bonchev–Trinajstić information content (AvgIpc) is 3.40. The molecule has 2 aromatic heterocycles. The summed E-state index contributed by atoms with van der Waals surface area (Å²) >= 11 is 3.52. The number of halogens is 1. The zero-order valence-electron chi connectivity index (χ0n) is 16.1. The van der Waals surface area contributed by atoms with Gasteiger partial charge >= 0.3 is 0 Å². The van der Waals surface area contributed by atoms with Crippen LogP contribution in [0.2, 0.25) is 0 Å². The van der Waals surface area contributed by atoms with Crippen LogP contribution in [0.5, 0.6) is 0 Å². The first-order valence-corrected chi connectivity index (χ1v) is 10.7. The van der Waals surface area contributed by atoms with Crippen molar-refractivity contribution in [2.24, 2.45) is 0 Å². The van der Waals surface area contributed by atoms with E-state index in [9.17, 15) is 4.79 Å². The highest BCUT2D eigenvalue weighted by Gasteiger charge is 2.35. The molecule has 5 rings (SSSR count). The van der Waals surface area contributed by atoms with Crippen molar-refractivity contribution < 1.29 is 4.79 Å². The molecular weight excluding hydrogens is 434 g/mol. The monoisotopic (exact) mass is 455 g/mol. The summed E-state index contributed by atoms with van der Waals surface area (Å²) in [6, 6.07) is 6.10. The van der Waals surface area contributed by atoms with Crippen molar-refractivity contribution in [3.63, 3.8) is 0 Å². The number of anilines is 2. The first-order valence-electron chi connectivity index (χ1n) is 9.95. The Morgan fingerprint density at radius 3 is 3.03 bits per heavy atom. The van der Waals surface area contributed by atoms with E-state index in [1.807, 2.05) is 29.1 Å². The zero-order valence-corrected chi connectivity index (χ0v) is 17.7. The molecule has 29 heavy (non-hydrogen) atoms. The third-order valence-electron chi connectivity index (χ3n) is 5.42. The molecule has 1 amide bonds. The van der Waals surface area contributed by atoms with Gasteiger partial charge in [-0.15, -0.1) is 0 Å². The molecule has 9 heteroatoms. The Labute approximate surface area is 176 Å². The summed E-state index contributed by atoms with van der Waals surface area (Å²) in [5, 5.41) is 15.2. The molecule has 0 aliphatic carbocycles. The maximum Gasteiger partial charge on any atom is 0.238 e. The highest BCUT2D eigenvalue weighted by atomic mass is 79.9. The highest BCUT2D eigenvalue weighted by Crippen LogP contribution is 2.40. The molecule has 2 aliphatic rings. The van der Waals surface area contributed by atoms with Gasteiger partial charge in [-0.05, 0) is 43.1 Å². The number of fused-ring (bicyclic) bond motifs is 2. The van der Waals surface area contributed by atoms with Crippen LogP contribution in [0.1, 0.15) is 36.9 Å². The van der Waals surface area contributed by atoms with Crippen LogP contribution in [0.4, 0.5) is 11.6 Å². The molecule has 2 unspecified atom stereocenters. The van der Waals surface area contributed by atoms with Crippen LogP contribution in [0.25, 0.3) is 11.0 Å². The van der Waals surface area contributed by atoms with Gasteiger partial charge < -0.3 is 16.0 Å². The number of carbonyl (C=O) groups excluding carboxylic acids is 1. The van der Waals surface area contributed by atoms with Gasteiger partial charge in [0.15, 0.2) is 5.65 Å². The Kier molecular flexibility index (Phi) is 4.71. The number of rotatable bonds is 5. The molecule has 1 fully saturated rings. The number of aryl methyl sites for hydroxylation is 1. The summed E-state index contributed by atoms with van der Waals surface area (Å²) < 4.78 is 2.82. The molecule has 2 aliphatic heterocycles. The van der Waals surface area contributed by atoms with E-state index in [1.54, 1.807) is 0 Å². The standard InChI is InChI=1S/C20H22BrN7O/c1-2-7-28-10-14-17(16-13-8-11(21)3-4-15(13)24-19(16)29)25-20(26-18(14)27-28)23-12-5-6-22-9-12/h3-4,8,10,12,16,22H,2,5-7,9H2,1H3,(H,24,29)(H,23,26,27). The first-order chi connectivity index (χ1) is 14.1. The average molecular weight is 456 g/mol. The van der Waals surface area contributed by atoms with Gasteiger partial charge in [0.2, 0.25) is 11.9 Å². The number of nitrogens with zero attached hydrogens (tertiary/aromatic N) is 4. The van der Waals surface area contributed by atoms with Crippen molar-refractivity contribution in [1.29, 1.82) is 0 Å². The van der Waals surface area contributed by atoms with E-state index in [4.69, 9.17) is 4.98 Å². The van der Waals surface area contributed by atoms with E-state index in [0.29, 0.717) is 17.3 Å². The Morgan fingerprint density at radius 1 is 1.34 bits per heavy atom. The number of aromatic nitrogens is 4. The molecule has 4 heterocycles. The topological polar surface area (TPSA) is 96.8 Å². The van der Waals surface area contributed by atoms with E-state index in [1.165, 1.54) is 0 Å². The lowest BCUT2D eigenvalue weighted by atomic mass is 9.95. The minimum atomic E-state index is -0.491. The molecule has 0 bridgehead atoms. The predicted molar refractivity (Wildman–Crippen MR) is 115 cm³/mol. The molecule has 1 saturated heterocycles. The largest absolute Gasteiger partial charge is 0.350 e. The fourth-order valence-corrected chi connectivity index (χ4v) is 4.45. The number of hydrogen-bond donors (Lipinski definition) is 3. The summed E-state index contributed by atoms with van der Waals surface area (Å²) in [6.45, 7) is 4.76. The van der Waals surface area contributed by atoms with Crippen LogP contribution in [-0.2, 0) is 11.3 Å². The SMILES string of the molecule is CCCn1cc2c(C3C(=O)Nc4ccc(Br)cc43)nc(NC3CCNC3)nc2n1. The van der Waals surface area contributed by atoms with Gasteiger partial charge in [-0.1, -0.05) is 22.9 Å². The van der Waals surface area contributed by atoms with E-state index in [-0.39, 0.29) is 11.9 Å². The van der Waals surface area contributed by atoms with Gasteiger partial charge in [0.1, 0.15) is 5.92 Å². The molecule has 8 nitrogen and oxygen atoms in total. The van der Waals surface area contributed by atoms with Gasteiger partial charge in [0, 0.05) is 35.5 Å². The molecule has 0 spiro atoms. The lowest BCUT2D eigenvalue weighted by Crippen LogP contribution is -2.24. The number of nitrogens with one attached hydrogen (secondary N) is 3. The fourth-order valence-electron chi connectivity index (χ4n) is 4.07. The van der Waals surface area contributed by atoms with Crippen LogP contribution in [0.3, 0.4) is 0 Å². The van der Waals surface area contributed by atoms with Crippen molar-refractivity contribution in [1.82, 2.24) is 25.1 Å². The summed E-state index contributed by atoms with van der Waals surface area (Å²) in [7, 11) is 0. The number of benzene rings is 1. The molecule has 0 radical (unpaired) electrons. The highest BCUT2D eigenvalue weighted by molar-refractivity contribution is 9.10. The van der Waals surface area contributed by atoms with Crippen LogP contribution in [-0.4, -0.2) is 44.8 Å². The van der Waals surface area contributed by atoms with Crippen LogP contribution in [0.15, 0.2) is 28.9 Å². The summed E-state index contributed by atoms with van der Waals surface area (Å²) in [4.78, 5) is 22.4. The van der Waals surface area contributed by atoms with Crippen molar-refractivity contribution in [2.75, 3.05) is 23.7 Å². The van der Waals surface area contributed by atoms with Gasteiger partial charge in [-0.2, -0.15) is 10.1 Å². The van der Waals surface area contributed by atoms with E-state index in [0.717, 1.165) is 53.6 Å². The molecule has 2 atom stereocenters. The van der Waals surface area contributed by atoms with Gasteiger partial charge in [-0.3, -0.25) is 9.48 Å². The van der Waals surface area contributed by atoms with Gasteiger partial charge in [-0.25, -0.2) is 4.98 Å². The third-order valence-corrected chi connectivity index (χ3v) is 5.91. The normalized spacial score (nSPS) is 20.8. The van der Waals surface area contributed by atoms with E-state index in [2.05, 4.69) is 48.9 Å². The van der Waals surface area contributed by atoms with E-state index < -0.39 is 5.92 Å². The Balaban J connectivity index is 1.65. The maximum atomic E-state index is 12.9. The van der Waals surface area contributed by atoms with Crippen LogP contribution >= 0.6 is 15.9 Å². The van der Waals surface area contributed by atoms with Gasteiger partial charge in [0.05, 0.1) is 11.1 Å². The van der Waals surface area contributed by atoms with Crippen molar-refractivity contribution in [3.05, 3.63) is 40.1 Å². The number of hydrogen-bond acceptors (Lipinski definition) is 6. The van der Waals surface area contributed by atoms with Crippen LogP contribution < -0.4 is 16.0 Å². The van der Waals surface area contributed by atoms with Crippen LogP contribution in [0, 0.1) is 0 Å². The molecule has 3 aromatic rings. The minimum Gasteiger partial charge on any atom is -0.350 e. The summed E-state index contributed by atoms with van der Waals surface area (Å²) in [5.41, 5.74) is 3.06. The van der Waals surface area contributed by atoms with Crippen molar-refractivity contribution in [3.8, 4) is 0 Å². The summed E-state index contributed by atoms with van der Waals surface area (Å²) in [6.07, 6.45) is 3.94. The summed E-state index contributed by atoms with van der Waals surface area (Å²) in [5.74, 6) is -0.0384. The number of carbonyl (C=O) groups is 1. The molecule has 0 saturated carbocycles. The van der Waals surface area contributed by atoms with Crippen molar-refractivity contribution in [2.45, 2.75) is 38.3 Å². The lowest BCUT2D eigenvalue weighted by molar-refractivity contribution is -0.116. The smallest absolute Gasteiger partial charge is 0.238 e. The minimum absolute atomic E-state index is 0.0742. The Morgan fingerprint density at radius 2 is 2.24 bits per heavy atom. The number of amides is 1. The molecule has 3 N–H and O–H groups in total. The lowest BCUT2D eigenvalue weighted by Gasteiger charge is -2.14. The second-order valence-corrected chi connectivity index (χ2v) is 8.47. The quantitative estimate of drug-likeness (QED) is 0.547. The Hall–Kier alpha value is -2.52. The van der Waals surface area contributed by atoms with E-state index >= 15 is 0 Å². The fraction of sp³-hybridized carbons (Fsp3) is 0.400. The van der Waals surface area contributed by atoms with Gasteiger partial charge in [0.25, 0.3) is 0 Å². The second kappa shape index (κ2) is 7.38. The molecule has 1 aromatic carbocycles. The predicted octanol–water partition coefficient (Wildman–Crippen LogP) is 2.86. The zero-order chi connectivity index (χ0) is 20.0. The maximum absolute atomic E-state index is 12.9. The van der Waals surface area contributed by atoms with Crippen molar-refractivity contribution >= 4 is 44.5 Å².